The predicted molar refractivity (Wildman–Crippen MR) is 244 cm³/mol. The number of nitrogens with one attached hydrogen (secondary N) is 1. The third-order valence-corrected chi connectivity index (χ3v) is 11.1. The molecule has 0 radical (unpaired) electrons. The Labute approximate surface area is 360 Å². The minimum absolute atomic E-state index is 0.183. The first-order chi connectivity index (χ1) is 28.8. The van der Waals surface area contributed by atoms with Gasteiger partial charge in [0.1, 0.15) is 24.4 Å². The Morgan fingerprint density at radius 2 is 1.05 bits per heavy atom. The molecule has 0 saturated carbocycles. The first-order valence-electron chi connectivity index (χ1n) is 24.0. The van der Waals surface area contributed by atoms with Gasteiger partial charge >= 0.3 is 0 Å². The van der Waals surface area contributed by atoms with E-state index < -0.39 is 49.5 Å². The largest absolute Gasteiger partial charge is 0.394 e. The van der Waals surface area contributed by atoms with Gasteiger partial charge in [0.25, 0.3) is 0 Å². The second-order valence-corrected chi connectivity index (χ2v) is 16.5. The van der Waals surface area contributed by atoms with Crippen molar-refractivity contribution in [3.05, 3.63) is 60.8 Å². The van der Waals surface area contributed by atoms with Crippen LogP contribution in [-0.4, -0.2) is 87.5 Å². The van der Waals surface area contributed by atoms with Crippen LogP contribution in [0, 0.1) is 0 Å². The summed E-state index contributed by atoms with van der Waals surface area (Å²) in [6.45, 7) is 3.64. The minimum atomic E-state index is -1.57. The second-order valence-electron chi connectivity index (χ2n) is 16.5. The lowest BCUT2D eigenvalue weighted by Crippen LogP contribution is -2.60. The number of aliphatic hydroxyl groups excluding tert-OH is 5. The van der Waals surface area contributed by atoms with E-state index in [1.165, 1.54) is 109 Å². The van der Waals surface area contributed by atoms with E-state index in [0.717, 1.165) is 64.2 Å². The summed E-state index contributed by atoms with van der Waals surface area (Å²) in [5.41, 5.74) is 0. The Kier molecular flexibility index (Phi) is 37.2. The molecule has 1 fully saturated rings. The molecule has 1 heterocycles. The summed E-state index contributed by atoms with van der Waals surface area (Å²) >= 11 is 0. The molecule has 1 saturated heterocycles. The van der Waals surface area contributed by atoms with E-state index in [2.05, 4.69) is 67.8 Å². The van der Waals surface area contributed by atoms with Gasteiger partial charge in [-0.25, -0.2) is 0 Å². The van der Waals surface area contributed by atoms with Crippen molar-refractivity contribution in [1.82, 2.24) is 5.32 Å². The van der Waals surface area contributed by atoms with Crippen molar-refractivity contribution in [2.24, 2.45) is 0 Å². The highest BCUT2D eigenvalue weighted by Crippen LogP contribution is 2.22. The molecular weight excluding hydrogens is 743 g/mol. The molecular formula is C50H89NO8. The van der Waals surface area contributed by atoms with E-state index in [1.807, 2.05) is 6.08 Å². The molecule has 0 spiro atoms. The molecule has 1 aliphatic rings. The average Bonchev–Trinajstić information content (AvgIpc) is 3.23. The minimum Gasteiger partial charge on any atom is -0.394 e. The van der Waals surface area contributed by atoms with E-state index in [0.29, 0.717) is 6.42 Å². The van der Waals surface area contributed by atoms with Gasteiger partial charge < -0.3 is 40.3 Å². The number of aliphatic hydroxyl groups is 5. The number of rotatable bonds is 39. The summed E-state index contributed by atoms with van der Waals surface area (Å²) in [6.07, 6.45) is 45.6. The fourth-order valence-electron chi connectivity index (χ4n) is 7.26. The summed E-state index contributed by atoms with van der Waals surface area (Å²) in [4.78, 5) is 13.0. The van der Waals surface area contributed by atoms with Crippen LogP contribution < -0.4 is 5.32 Å². The Bertz CT molecular complexity index is 1100. The zero-order valence-corrected chi connectivity index (χ0v) is 37.5. The van der Waals surface area contributed by atoms with Crippen molar-refractivity contribution in [2.45, 2.75) is 236 Å². The molecule has 0 aromatic rings. The lowest BCUT2D eigenvalue weighted by atomic mass is 9.99. The van der Waals surface area contributed by atoms with Gasteiger partial charge in [0.15, 0.2) is 6.29 Å². The number of amides is 1. The number of carbonyl (C=O) groups is 1. The summed E-state index contributed by atoms with van der Waals surface area (Å²) in [5, 5.41) is 54.1. The standard InChI is InChI=1S/C50H89NO8/c1-3-5-7-9-11-13-15-16-17-18-19-20-21-22-23-24-25-26-27-28-30-32-34-36-38-40-46(54)51-43(42-58-50-49(57)48(56)47(55)45(41-52)59-50)44(53)39-37-35-33-31-29-14-12-10-8-6-4-2/h5,7,11,13,16-17,19-20,37,39,43-45,47-50,52-53,55-57H,3-4,6,8-10,12,14-15,18,21-36,38,40-42H2,1-2H3,(H,51,54)/b7-5-,13-11-,17-16-,20-19-,39-37+. The Morgan fingerprint density at radius 3 is 1.56 bits per heavy atom. The van der Waals surface area contributed by atoms with E-state index in [4.69, 9.17) is 9.47 Å². The maximum absolute atomic E-state index is 13.0. The number of ether oxygens (including phenoxy) is 2. The molecule has 59 heavy (non-hydrogen) atoms. The Balaban J connectivity index is 2.25. The summed E-state index contributed by atoms with van der Waals surface area (Å²) in [7, 11) is 0. The molecule has 1 aliphatic heterocycles. The topological polar surface area (TPSA) is 149 Å². The Hall–Kier alpha value is -2.11. The van der Waals surface area contributed by atoms with Gasteiger partial charge in [0, 0.05) is 6.42 Å². The van der Waals surface area contributed by atoms with Gasteiger partial charge in [0.2, 0.25) is 5.91 Å². The lowest BCUT2D eigenvalue weighted by Gasteiger charge is -2.40. The molecule has 0 bridgehead atoms. The number of carbonyl (C=O) groups excluding carboxylic acids is 1. The molecule has 342 valence electrons. The molecule has 0 aromatic carbocycles. The van der Waals surface area contributed by atoms with Gasteiger partial charge in [-0.2, -0.15) is 0 Å². The molecule has 9 heteroatoms. The van der Waals surface area contributed by atoms with Crippen LogP contribution in [0.2, 0.25) is 0 Å². The molecule has 6 N–H and O–H groups in total. The van der Waals surface area contributed by atoms with Crippen molar-refractivity contribution in [3.8, 4) is 0 Å². The van der Waals surface area contributed by atoms with Crippen LogP contribution in [0.3, 0.4) is 0 Å². The molecule has 0 aliphatic carbocycles. The van der Waals surface area contributed by atoms with Gasteiger partial charge in [-0.05, 0) is 57.8 Å². The van der Waals surface area contributed by atoms with Crippen molar-refractivity contribution in [2.75, 3.05) is 13.2 Å². The van der Waals surface area contributed by atoms with Crippen LogP contribution in [0.5, 0.6) is 0 Å². The fourth-order valence-corrected chi connectivity index (χ4v) is 7.26. The highest BCUT2D eigenvalue weighted by molar-refractivity contribution is 5.76. The van der Waals surface area contributed by atoms with E-state index >= 15 is 0 Å². The molecule has 7 atom stereocenters. The van der Waals surface area contributed by atoms with Crippen molar-refractivity contribution in [1.29, 1.82) is 0 Å². The van der Waals surface area contributed by atoms with Crippen LogP contribution >= 0.6 is 0 Å². The van der Waals surface area contributed by atoms with Gasteiger partial charge in [0.05, 0.1) is 25.4 Å². The fraction of sp³-hybridized carbons (Fsp3) is 0.780. The molecule has 7 unspecified atom stereocenters. The van der Waals surface area contributed by atoms with Crippen LogP contribution in [0.25, 0.3) is 0 Å². The normalized spacial score (nSPS) is 21.2. The number of allylic oxidation sites excluding steroid dienone is 9. The first kappa shape index (κ1) is 54.9. The lowest BCUT2D eigenvalue weighted by molar-refractivity contribution is -0.302. The number of hydrogen-bond acceptors (Lipinski definition) is 8. The highest BCUT2D eigenvalue weighted by atomic mass is 16.7. The van der Waals surface area contributed by atoms with E-state index in [-0.39, 0.29) is 12.5 Å². The molecule has 9 nitrogen and oxygen atoms in total. The van der Waals surface area contributed by atoms with Gasteiger partial charge in [-0.3, -0.25) is 4.79 Å². The monoisotopic (exact) mass is 832 g/mol. The first-order valence-corrected chi connectivity index (χ1v) is 24.0. The second kappa shape index (κ2) is 40.0. The van der Waals surface area contributed by atoms with Gasteiger partial charge in [-0.15, -0.1) is 0 Å². The highest BCUT2D eigenvalue weighted by Gasteiger charge is 2.44. The van der Waals surface area contributed by atoms with E-state index in [1.54, 1.807) is 6.08 Å². The van der Waals surface area contributed by atoms with E-state index in [9.17, 15) is 30.3 Å². The molecule has 1 amide bonds. The predicted octanol–water partition coefficient (Wildman–Crippen LogP) is 10.4. The van der Waals surface area contributed by atoms with Crippen LogP contribution in [0.15, 0.2) is 60.8 Å². The van der Waals surface area contributed by atoms with Crippen LogP contribution in [0.4, 0.5) is 0 Å². The van der Waals surface area contributed by atoms with Crippen LogP contribution in [-0.2, 0) is 14.3 Å². The maximum atomic E-state index is 13.0. The maximum Gasteiger partial charge on any atom is 0.220 e. The zero-order valence-electron chi connectivity index (χ0n) is 37.5. The van der Waals surface area contributed by atoms with Crippen molar-refractivity contribution in [3.63, 3.8) is 0 Å². The van der Waals surface area contributed by atoms with Crippen molar-refractivity contribution >= 4 is 5.91 Å². The SMILES string of the molecule is CC/C=C\C/C=C\C/C=C\C/C=C\CCCCCCCCCCCCCCC(=O)NC(COC1OC(CO)C(O)C(O)C1O)C(O)/C=C/CCCCCCCCCCC. The van der Waals surface area contributed by atoms with Crippen LogP contribution in [0.1, 0.15) is 194 Å². The molecule has 0 aromatic heterocycles. The number of unbranched alkanes of at least 4 members (excludes halogenated alkanes) is 21. The van der Waals surface area contributed by atoms with Gasteiger partial charge in [-0.1, -0.05) is 190 Å². The smallest absolute Gasteiger partial charge is 0.220 e. The quantitative estimate of drug-likeness (QED) is 0.0265. The summed E-state index contributed by atoms with van der Waals surface area (Å²) < 4.78 is 11.2. The Morgan fingerprint density at radius 1 is 0.593 bits per heavy atom. The average molecular weight is 832 g/mol. The summed E-state index contributed by atoms with van der Waals surface area (Å²) in [6, 6.07) is -0.806. The summed E-state index contributed by atoms with van der Waals surface area (Å²) in [5.74, 6) is -0.183. The number of hydrogen-bond donors (Lipinski definition) is 6. The zero-order chi connectivity index (χ0) is 43.0. The third kappa shape index (κ3) is 30.6. The third-order valence-electron chi connectivity index (χ3n) is 11.1. The van der Waals surface area contributed by atoms with Crippen molar-refractivity contribution < 1.29 is 39.8 Å². The molecule has 1 rings (SSSR count).